The Morgan fingerprint density at radius 1 is 1.38 bits per heavy atom. The van der Waals surface area contributed by atoms with Crippen LogP contribution in [0.15, 0.2) is 9.95 Å². The number of anilines is 1. The molecule has 144 valence electrons. The number of imidazole rings is 1. The van der Waals surface area contributed by atoms with Crippen molar-refractivity contribution in [1.82, 2.24) is 19.5 Å². The van der Waals surface area contributed by atoms with Crippen molar-refractivity contribution < 1.29 is 14.9 Å². The maximum atomic E-state index is 12.1. The van der Waals surface area contributed by atoms with E-state index in [0.29, 0.717) is 11.6 Å². The third-order valence-corrected chi connectivity index (χ3v) is 6.45. The maximum Gasteiger partial charge on any atom is 0.280 e. The molecule has 0 unspecified atom stereocenters. The normalized spacial score (nSPS) is 26.7. The van der Waals surface area contributed by atoms with Gasteiger partial charge in [0.15, 0.2) is 22.5 Å². The zero-order valence-electron chi connectivity index (χ0n) is 14.9. The number of nitrogen functional groups attached to an aromatic ring is 1. The molecular weight excluding hydrogens is 377 g/mol. The molecule has 0 aliphatic carbocycles. The molecule has 0 spiro atoms. The fourth-order valence-corrected chi connectivity index (χ4v) is 4.54. The highest BCUT2D eigenvalue weighted by Gasteiger charge is 2.45. The van der Waals surface area contributed by atoms with Crippen LogP contribution in [0.4, 0.5) is 5.95 Å². The number of hydrogen-bond donors (Lipinski definition) is 4. The number of nitrogens with two attached hydrogens (primary N) is 1. The van der Waals surface area contributed by atoms with E-state index in [9.17, 15) is 15.0 Å². The Hall–Kier alpha value is -1.32. The van der Waals surface area contributed by atoms with Crippen molar-refractivity contribution in [1.29, 1.82) is 0 Å². The van der Waals surface area contributed by atoms with Gasteiger partial charge in [0.05, 0.1) is 6.10 Å². The van der Waals surface area contributed by atoms with Gasteiger partial charge in [-0.2, -0.15) is 4.98 Å². The van der Waals surface area contributed by atoms with E-state index < -0.39 is 37.0 Å². The van der Waals surface area contributed by atoms with Crippen LogP contribution >= 0.6 is 18.6 Å². The molecule has 0 bridgehead atoms. The van der Waals surface area contributed by atoms with E-state index in [2.05, 4.69) is 34.6 Å². The number of rotatable bonds is 5. The number of ether oxygens (including phenoxy) is 1. The summed E-state index contributed by atoms with van der Waals surface area (Å²) in [4.78, 5) is 22.9. The van der Waals surface area contributed by atoms with Gasteiger partial charge in [0.25, 0.3) is 5.56 Å². The third-order valence-electron chi connectivity index (χ3n) is 4.33. The molecule has 0 amide bonds. The minimum absolute atomic E-state index is 0.0514. The highest BCUT2D eigenvalue weighted by atomic mass is 32.2. The molecule has 0 aromatic carbocycles. The number of hydrogen-bond acceptors (Lipinski definition) is 8. The molecule has 26 heavy (non-hydrogen) atoms. The molecule has 1 aliphatic rings. The van der Waals surface area contributed by atoms with E-state index in [1.165, 1.54) is 16.3 Å². The quantitative estimate of drug-likeness (QED) is 0.410. The number of nitrogens with zero attached hydrogens (tertiary/aromatic N) is 3. The highest BCUT2D eigenvalue weighted by Crippen LogP contribution is 2.40. The molecule has 3 heterocycles. The van der Waals surface area contributed by atoms with Gasteiger partial charge in [-0.05, 0) is 32.2 Å². The number of thioether (sulfide) groups is 1. The lowest BCUT2D eigenvalue weighted by atomic mass is 10.1. The summed E-state index contributed by atoms with van der Waals surface area (Å²) in [5.74, 6) is -0.0514. The third kappa shape index (κ3) is 3.57. The number of nitrogens with one attached hydrogen (secondary N) is 1. The Morgan fingerprint density at radius 3 is 2.69 bits per heavy atom. The fraction of sp³-hybridized carbons (Fsp3) is 0.600. The summed E-state index contributed by atoms with van der Waals surface area (Å²) in [6.07, 6.45) is 3.74. The molecule has 0 saturated carbocycles. The first-order valence-electron chi connectivity index (χ1n) is 8.13. The summed E-state index contributed by atoms with van der Waals surface area (Å²) < 4.78 is 7.49. The van der Waals surface area contributed by atoms with Gasteiger partial charge in [-0.1, -0.05) is 11.8 Å². The van der Waals surface area contributed by atoms with E-state index >= 15 is 0 Å². The number of aromatic amines is 1. The van der Waals surface area contributed by atoms with Crippen LogP contribution in [0.25, 0.3) is 11.2 Å². The molecule has 9 nitrogen and oxygen atoms in total. The second-order valence-corrected chi connectivity index (χ2v) is 12.2. The van der Waals surface area contributed by atoms with Gasteiger partial charge in [0, 0.05) is 0 Å². The van der Waals surface area contributed by atoms with Crippen LogP contribution in [0.1, 0.15) is 12.6 Å². The lowest BCUT2D eigenvalue weighted by Crippen LogP contribution is -2.32. The molecular formula is C15H24N5O4PS. The lowest BCUT2D eigenvalue weighted by Gasteiger charge is -2.19. The molecule has 5 N–H and O–H groups in total. The van der Waals surface area contributed by atoms with Crippen LogP contribution in [-0.2, 0) is 4.74 Å². The zero-order valence-corrected chi connectivity index (χ0v) is 16.6. The predicted octanol–water partition coefficient (Wildman–Crippen LogP) is 0.142. The first kappa shape index (κ1) is 19.4. The standard InChI is InChI=1S/C15H24N5O4PS/c1-25(2,3)6-5-7-9(21)10(22)13(24-7)20-11-8(17-15(20)26-4)12(23)19-14(16)18-11/h7,9-10,13,21-22H,1,5-6H2,2-4H3,(H3,16,18,19,23)/t7-,9-,10-,13-/m1/s1. The number of H-pyrrole nitrogens is 1. The fourth-order valence-electron chi connectivity index (χ4n) is 3.01. The van der Waals surface area contributed by atoms with Crippen LogP contribution in [0.3, 0.4) is 0 Å². The van der Waals surface area contributed by atoms with E-state index in [-0.39, 0.29) is 17.1 Å². The van der Waals surface area contributed by atoms with Gasteiger partial charge >= 0.3 is 0 Å². The second kappa shape index (κ2) is 7.01. The minimum Gasteiger partial charge on any atom is -0.388 e. The zero-order chi connectivity index (χ0) is 19.2. The Bertz CT molecular complexity index is 923. The molecule has 3 rings (SSSR count). The molecule has 11 heteroatoms. The van der Waals surface area contributed by atoms with Crippen LogP contribution in [-0.4, -0.2) is 80.1 Å². The summed E-state index contributed by atoms with van der Waals surface area (Å²) in [5.41, 5.74) is 5.53. The van der Waals surface area contributed by atoms with Gasteiger partial charge in [0.1, 0.15) is 12.2 Å². The van der Waals surface area contributed by atoms with Crippen molar-refractivity contribution in [3.8, 4) is 0 Å². The second-order valence-electron chi connectivity index (χ2n) is 7.09. The summed E-state index contributed by atoms with van der Waals surface area (Å²) in [6.45, 7) is 2.93. The summed E-state index contributed by atoms with van der Waals surface area (Å²) >= 11 is 1.29. The topological polar surface area (TPSA) is 139 Å². The first-order chi connectivity index (χ1) is 12.1. The molecule has 4 atom stereocenters. The van der Waals surface area contributed by atoms with Crippen molar-refractivity contribution >= 4 is 42.1 Å². The smallest absolute Gasteiger partial charge is 0.280 e. The first-order valence-corrected chi connectivity index (χ1v) is 12.4. The van der Waals surface area contributed by atoms with Gasteiger partial charge in [0.2, 0.25) is 5.95 Å². The van der Waals surface area contributed by atoms with Crippen molar-refractivity contribution in [3.05, 3.63) is 10.4 Å². The maximum absolute atomic E-state index is 12.1. The van der Waals surface area contributed by atoms with Crippen LogP contribution in [0.5, 0.6) is 0 Å². The number of aliphatic hydroxyl groups excluding tert-OH is 2. The van der Waals surface area contributed by atoms with Crippen LogP contribution < -0.4 is 11.3 Å². The minimum atomic E-state index is -1.28. The lowest BCUT2D eigenvalue weighted by molar-refractivity contribution is -0.0400. The summed E-state index contributed by atoms with van der Waals surface area (Å²) in [5, 5.41) is 21.4. The number of aromatic nitrogens is 4. The molecule has 1 saturated heterocycles. The van der Waals surface area contributed by atoms with E-state index in [1.807, 2.05) is 0 Å². The van der Waals surface area contributed by atoms with Gasteiger partial charge in [-0.15, -0.1) is 13.2 Å². The van der Waals surface area contributed by atoms with Crippen molar-refractivity contribution in [3.63, 3.8) is 0 Å². The Morgan fingerprint density at radius 2 is 2.08 bits per heavy atom. The number of aliphatic hydroxyl groups is 2. The van der Waals surface area contributed by atoms with E-state index in [1.54, 1.807) is 6.26 Å². The molecule has 1 aliphatic heterocycles. The monoisotopic (exact) mass is 401 g/mol. The Labute approximate surface area is 155 Å². The van der Waals surface area contributed by atoms with Crippen LogP contribution in [0, 0.1) is 0 Å². The van der Waals surface area contributed by atoms with Gasteiger partial charge < -0.3 is 20.7 Å². The van der Waals surface area contributed by atoms with Crippen LogP contribution in [0.2, 0.25) is 0 Å². The van der Waals surface area contributed by atoms with Crippen molar-refractivity contribution in [2.45, 2.75) is 36.1 Å². The highest BCUT2D eigenvalue weighted by molar-refractivity contribution is 7.98. The van der Waals surface area contributed by atoms with E-state index in [4.69, 9.17) is 10.5 Å². The summed E-state index contributed by atoms with van der Waals surface area (Å²) in [6, 6.07) is 0. The molecule has 0 radical (unpaired) electrons. The Kier molecular flexibility index (Phi) is 5.24. The van der Waals surface area contributed by atoms with Gasteiger partial charge in [-0.25, -0.2) is 4.98 Å². The SMILES string of the molecule is C=P(C)(C)CC[C@H]1O[C@@H](n2c(SC)nc3c(=O)[nH]c(N)nc32)[C@H](O)[C@@H]1O. The molecule has 2 aromatic rings. The van der Waals surface area contributed by atoms with E-state index in [0.717, 1.165) is 6.16 Å². The van der Waals surface area contributed by atoms with Crippen molar-refractivity contribution in [2.24, 2.45) is 0 Å². The van der Waals surface area contributed by atoms with Crippen molar-refractivity contribution in [2.75, 3.05) is 31.5 Å². The molecule has 1 fully saturated rings. The van der Waals surface area contributed by atoms with Gasteiger partial charge in [-0.3, -0.25) is 14.3 Å². The molecule has 2 aromatic heterocycles. The largest absolute Gasteiger partial charge is 0.388 e. The predicted molar refractivity (Wildman–Crippen MR) is 106 cm³/mol. The number of fused-ring (bicyclic) bond motifs is 1. The summed E-state index contributed by atoms with van der Waals surface area (Å²) in [7, 11) is 0. The average Bonchev–Trinajstić information content (AvgIpc) is 3.04. The average molecular weight is 401 g/mol. The Balaban J connectivity index is 2.01.